The van der Waals surface area contributed by atoms with Crippen LogP contribution in [0.4, 0.5) is 4.79 Å². The summed E-state index contributed by atoms with van der Waals surface area (Å²) in [6.45, 7) is 6.29. The Morgan fingerprint density at radius 1 is 1.31 bits per heavy atom. The van der Waals surface area contributed by atoms with Gasteiger partial charge in [-0.05, 0) is 31.6 Å². The molecule has 0 spiro atoms. The highest BCUT2D eigenvalue weighted by Gasteiger charge is 2.45. The molecule has 0 atom stereocenters. The van der Waals surface area contributed by atoms with Crippen LogP contribution in [0.25, 0.3) is 0 Å². The smallest absolute Gasteiger partial charge is 0.318 e. The molecule has 1 saturated carbocycles. The third-order valence-corrected chi connectivity index (χ3v) is 3.95. The largest absolute Gasteiger partial charge is 0.336 e. The standard InChI is InChI=1S/C13H24N2O/c1-3-7-13(8-4-2)10-14-12(16)15(13)9-11-5-6-11/h11H,3-10H2,1-2H3,(H,14,16). The Bertz CT molecular complexity index is 255. The SMILES string of the molecule is CCCC1(CCC)CNC(=O)N1CC1CC1. The topological polar surface area (TPSA) is 32.3 Å². The van der Waals surface area contributed by atoms with E-state index in [0.29, 0.717) is 0 Å². The first-order valence-corrected chi connectivity index (χ1v) is 6.77. The second-order valence-electron chi connectivity index (χ2n) is 5.44. The average molecular weight is 224 g/mol. The average Bonchev–Trinajstić information content (AvgIpc) is 3.02. The van der Waals surface area contributed by atoms with Crippen LogP contribution in [-0.2, 0) is 0 Å². The van der Waals surface area contributed by atoms with E-state index in [2.05, 4.69) is 24.1 Å². The molecule has 1 heterocycles. The van der Waals surface area contributed by atoms with Crippen LogP contribution >= 0.6 is 0 Å². The molecule has 0 aromatic heterocycles. The van der Waals surface area contributed by atoms with Crippen LogP contribution in [0.3, 0.4) is 0 Å². The van der Waals surface area contributed by atoms with Gasteiger partial charge in [-0.15, -0.1) is 0 Å². The van der Waals surface area contributed by atoms with Crippen LogP contribution in [0.15, 0.2) is 0 Å². The quantitative estimate of drug-likeness (QED) is 0.739. The van der Waals surface area contributed by atoms with Gasteiger partial charge in [-0.3, -0.25) is 0 Å². The molecular formula is C13H24N2O. The number of rotatable bonds is 6. The molecule has 0 unspecified atom stereocenters. The molecule has 0 radical (unpaired) electrons. The number of carbonyl (C=O) groups excluding carboxylic acids is 1. The van der Waals surface area contributed by atoms with Gasteiger partial charge in [0.05, 0.1) is 5.54 Å². The van der Waals surface area contributed by atoms with Crippen molar-refractivity contribution in [2.45, 2.75) is 57.9 Å². The minimum atomic E-state index is 0.128. The van der Waals surface area contributed by atoms with Gasteiger partial charge in [-0.1, -0.05) is 26.7 Å². The third-order valence-electron chi connectivity index (χ3n) is 3.95. The number of hydrogen-bond donors (Lipinski definition) is 1. The number of urea groups is 1. The van der Waals surface area contributed by atoms with E-state index in [1.54, 1.807) is 0 Å². The number of carbonyl (C=O) groups is 1. The predicted molar refractivity (Wildman–Crippen MR) is 65.4 cm³/mol. The van der Waals surface area contributed by atoms with Crippen LogP contribution in [-0.4, -0.2) is 29.6 Å². The van der Waals surface area contributed by atoms with Crippen LogP contribution < -0.4 is 5.32 Å². The van der Waals surface area contributed by atoms with E-state index in [0.717, 1.165) is 44.7 Å². The van der Waals surface area contributed by atoms with Crippen molar-refractivity contribution in [2.75, 3.05) is 13.1 Å². The summed E-state index contributed by atoms with van der Waals surface area (Å²) in [5, 5.41) is 3.05. The van der Waals surface area contributed by atoms with Gasteiger partial charge in [0, 0.05) is 13.1 Å². The Morgan fingerprint density at radius 3 is 2.44 bits per heavy atom. The summed E-state index contributed by atoms with van der Waals surface area (Å²) in [4.78, 5) is 14.1. The molecule has 1 aliphatic carbocycles. The second-order valence-corrected chi connectivity index (χ2v) is 5.44. The minimum Gasteiger partial charge on any atom is -0.336 e. The zero-order valence-electron chi connectivity index (χ0n) is 10.6. The first kappa shape index (κ1) is 11.7. The lowest BCUT2D eigenvalue weighted by Crippen LogP contribution is -2.48. The van der Waals surface area contributed by atoms with Gasteiger partial charge in [0.15, 0.2) is 0 Å². The highest BCUT2D eigenvalue weighted by Crippen LogP contribution is 2.37. The molecule has 0 aromatic carbocycles. The van der Waals surface area contributed by atoms with Crippen LogP contribution in [0.1, 0.15) is 52.4 Å². The first-order chi connectivity index (χ1) is 7.72. The summed E-state index contributed by atoms with van der Waals surface area (Å²) in [5.74, 6) is 0.789. The summed E-state index contributed by atoms with van der Waals surface area (Å²) in [5.41, 5.74) is 0.128. The molecule has 1 aliphatic heterocycles. The van der Waals surface area contributed by atoms with Crippen molar-refractivity contribution in [2.24, 2.45) is 5.92 Å². The number of nitrogens with zero attached hydrogens (tertiary/aromatic N) is 1. The zero-order chi connectivity index (χ0) is 11.6. The Labute approximate surface area is 98.6 Å². The molecule has 1 saturated heterocycles. The van der Waals surface area contributed by atoms with Crippen LogP contribution in [0.5, 0.6) is 0 Å². The van der Waals surface area contributed by atoms with Crippen molar-refractivity contribution in [3.8, 4) is 0 Å². The highest BCUT2D eigenvalue weighted by molar-refractivity contribution is 5.78. The van der Waals surface area contributed by atoms with Gasteiger partial charge in [-0.25, -0.2) is 4.79 Å². The van der Waals surface area contributed by atoms with E-state index in [-0.39, 0.29) is 11.6 Å². The zero-order valence-corrected chi connectivity index (χ0v) is 10.6. The minimum absolute atomic E-state index is 0.128. The van der Waals surface area contributed by atoms with E-state index < -0.39 is 0 Å². The van der Waals surface area contributed by atoms with Crippen LogP contribution in [0, 0.1) is 5.92 Å². The summed E-state index contributed by atoms with van der Waals surface area (Å²) in [7, 11) is 0. The van der Waals surface area contributed by atoms with Gasteiger partial charge >= 0.3 is 6.03 Å². The van der Waals surface area contributed by atoms with E-state index in [9.17, 15) is 4.79 Å². The third kappa shape index (κ3) is 2.18. The molecule has 2 fully saturated rings. The van der Waals surface area contributed by atoms with Gasteiger partial charge in [-0.2, -0.15) is 0 Å². The number of amides is 2. The Morgan fingerprint density at radius 2 is 1.94 bits per heavy atom. The van der Waals surface area contributed by atoms with Crippen molar-refractivity contribution in [1.29, 1.82) is 0 Å². The van der Waals surface area contributed by atoms with Crippen LogP contribution in [0.2, 0.25) is 0 Å². The van der Waals surface area contributed by atoms with E-state index in [1.807, 2.05) is 0 Å². The van der Waals surface area contributed by atoms with E-state index in [1.165, 1.54) is 12.8 Å². The molecule has 3 heteroatoms. The maximum atomic E-state index is 11.9. The highest BCUT2D eigenvalue weighted by atomic mass is 16.2. The second kappa shape index (κ2) is 4.64. The van der Waals surface area contributed by atoms with Gasteiger partial charge in [0.1, 0.15) is 0 Å². The summed E-state index contributed by atoms with van der Waals surface area (Å²) in [6.07, 6.45) is 7.25. The summed E-state index contributed by atoms with van der Waals surface area (Å²) < 4.78 is 0. The summed E-state index contributed by atoms with van der Waals surface area (Å²) in [6, 6.07) is 0.175. The van der Waals surface area contributed by atoms with Crippen molar-refractivity contribution >= 4 is 6.03 Å². The Balaban J connectivity index is 2.09. The fourth-order valence-corrected chi connectivity index (χ4v) is 2.98. The van der Waals surface area contributed by atoms with Crippen molar-refractivity contribution in [1.82, 2.24) is 10.2 Å². The van der Waals surface area contributed by atoms with Gasteiger partial charge in [0.25, 0.3) is 0 Å². The number of nitrogens with one attached hydrogen (secondary N) is 1. The lowest BCUT2D eigenvalue weighted by molar-refractivity contribution is 0.133. The number of hydrogen-bond acceptors (Lipinski definition) is 1. The monoisotopic (exact) mass is 224 g/mol. The Kier molecular flexibility index (Phi) is 3.41. The maximum Gasteiger partial charge on any atom is 0.318 e. The molecule has 3 nitrogen and oxygen atoms in total. The van der Waals surface area contributed by atoms with Gasteiger partial charge < -0.3 is 10.2 Å². The molecule has 2 amide bonds. The van der Waals surface area contributed by atoms with E-state index in [4.69, 9.17) is 0 Å². The fourth-order valence-electron chi connectivity index (χ4n) is 2.98. The van der Waals surface area contributed by atoms with Crippen molar-refractivity contribution in [3.63, 3.8) is 0 Å². The molecule has 2 aliphatic rings. The van der Waals surface area contributed by atoms with Gasteiger partial charge in [0.2, 0.25) is 0 Å². The van der Waals surface area contributed by atoms with E-state index >= 15 is 0 Å². The lowest BCUT2D eigenvalue weighted by atomic mass is 9.88. The molecule has 0 bridgehead atoms. The molecular weight excluding hydrogens is 200 g/mol. The summed E-state index contributed by atoms with van der Waals surface area (Å²) >= 11 is 0. The molecule has 1 N–H and O–H groups in total. The van der Waals surface area contributed by atoms with Crippen molar-refractivity contribution in [3.05, 3.63) is 0 Å². The molecule has 0 aromatic rings. The van der Waals surface area contributed by atoms with Crippen molar-refractivity contribution < 1.29 is 4.79 Å². The predicted octanol–water partition coefficient (Wildman–Crippen LogP) is 2.76. The lowest BCUT2D eigenvalue weighted by Gasteiger charge is -2.37. The Hall–Kier alpha value is -0.730. The fraction of sp³-hybridized carbons (Fsp3) is 0.923. The first-order valence-electron chi connectivity index (χ1n) is 6.77. The normalized spacial score (nSPS) is 23.6. The molecule has 2 rings (SSSR count). The maximum absolute atomic E-state index is 11.9. The molecule has 92 valence electrons. The molecule has 16 heavy (non-hydrogen) atoms.